The summed E-state index contributed by atoms with van der Waals surface area (Å²) < 4.78 is 11.7. The second-order valence-electron chi connectivity index (χ2n) is 11.9. The first-order valence-electron chi connectivity index (χ1n) is 14.4. The van der Waals surface area contributed by atoms with Crippen molar-refractivity contribution in [2.45, 2.75) is 63.4 Å². The minimum atomic E-state index is -1.22. The molecule has 3 fully saturated rings. The van der Waals surface area contributed by atoms with Gasteiger partial charge in [-0.3, -0.25) is 14.4 Å². The Kier molecular flexibility index (Phi) is 7.32. The van der Waals surface area contributed by atoms with Crippen molar-refractivity contribution in [3.63, 3.8) is 0 Å². The van der Waals surface area contributed by atoms with Crippen molar-refractivity contribution >= 4 is 35.0 Å². The molecule has 2 N–H and O–H groups in total. The van der Waals surface area contributed by atoms with Crippen LogP contribution in [0.4, 0.5) is 5.69 Å². The number of methoxy groups -OCH3 is 1. The van der Waals surface area contributed by atoms with Gasteiger partial charge in [0.05, 0.1) is 25.0 Å². The van der Waals surface area contributed by atoms with Crippen LogP contribution in [0.5, 0.6) is 5.75 Å². The average Bonchev–Trinajstić information content (AvgIpc) is 3.60. The molecule has 9 heteroatoms. The summed E-state index contributed by atoms with van der Waals surface area (Å²) in [5.74, 6) is -0.897. The fourth-order valence-electron chi connectivity index (χ4n) is 7.17. The molecule has 3 heterocycles. The number of fused-ring (bicyclic) bond motifs is 1. The van der Waals surface area contributed by atoms with Gasteiger partial charge in [-0.05, 0) is 60.2 Å². The first-order valence-corrected chi connectivity index (χ1v) is 14.8. The number of halogens is 1. The summed E-state index contributed by atoms with van der Waals surface area (Å²) in [5.41, 5.74) is 0.216. The third-order valence-electron chi connectivity index (χ3n) is 9.58. The quantitative estimate of drug-likeness (QED) is 0.470. The Balaban J connectivity index is 1.31. The zero-order valence-electron chi connectivity index (χ0n) is 23.5. The Bertz CT molecular complexity index is 1360. The van der Waals surface area contributed by atoms with Gasteiger partial charge in [-0.15, -0.1) is 0 Å². The molecule has 4 aliphatic rings. The van der Waals surface area contributed by atoms with E-state index < -0.39 is 29.6 Å². The topological polar surface area (TPSA) is 97.0 Å². The second-order valence-corrected chi connectivity index (χ2v) is 12.3. The van der Waals surface area contributed by atoms with Crippen LogP contribution >= 0.6 is 11.6 Å². The van der Waals surface area contributed by atoms with Gasteiger partial charge < -0.3 is 25.0 Å². The Hall–Kier alpha value is -3.36. The smallest absolute Gasteiger partial charge is 0.246 e. The van der Waals surface area contributed by atoms with Crippen LogP contribution in [0.2, 0.25) is 5.02 Å². The van der Waals surface area contributed by atoms with Gasteiger partial charge >= 0.3 is 0 Å². The third kappa shape index (κ3) is 4.81. The number of likely N-dealkylation sites (tertiary alicyclic amines) is 1. The van der Waals surface area contributed by atoms with E-state index in [1.807, 2.05) is 24.3 Å². The maximum absolute atomic E-state index is 14.2. The number of rotatable bonds is 7. The number of amides is 3. The maximum atomic E-state index is 14.2. The van der Waals surface area contributed by atoms with E-state index in [2.05, 4.69) is 24.5 Å². The van der Waals surface area contributed by atoms with E-state index in [9.17, 15) is 14.4 Å². The highest BCUT2D eigenvalue weighted by molar-refractivity contribution is 6.30. The van der Waals surface area contributed by atoms with Crippen LogP contribution in [0.15, 0.2) is 60.7 Å². The minimum absolute atomic E-state index is 0.0194. The molecule has 3 amide bonds. The van der Waals surface area contributed by atoms with Crippen molar-refractivity contribution in [3.05, 3.63) is 71.3 Å². The van der Waals surface area contributed by atoms with E-state index in [1.165, 1.54) is 0 Å². The molecular weight excluding hydrogens is 542 g/mol. The Labute approximate surface area is 245 Å². The van der Waals surface area contributed by atoms with Crippen molar-refractivity contribution in [1.29, 1.82) is 0 Å². The van der Waals surface area contributed by atoms with Gasteiger partial charge in [0, 0.05) is 23.3 Å². The van der Waals surface area contributed by atoms with Crippen LogP contribution in [-0.4, -0.2) is 53.5 Å². The number of hydrogen-bond acceptors (Lipinski definition) is 5. The second kappa shape index (κ2) is 10.8. The molecule has 2 aromatic rings. The zero-order chi connectivity index (χ0) is 28.9. The van der Waals surface area contributed by atoms with E-state index in [4.69, 9.17) is 21.1 Å². The number of benzene rings is 2. The predicted molar refractivity (Wildman–Crippen MR) is 155 cm³/mol. The van der Waals surface area contributed by atoms with E-state index in [1.54, 1.807) is 48.4 Å². The van der Waals surface area contributed by atoms with Crippen molar-refractivity contribution in [2.75, 3.05) is 12.4 Å². The van der Waals surface area contributed by atoms with Gasteiger partial charge in [-0.1, -0.05) is 62.6 Å². The molecule has 8 nitrogen and oxygen atoms in total. The van der Waals surface area contributed by atoms with Crippen molar-refractivity contribution in [1.82, 2.24) is 10.2 Å². The number of anilines is 1. The van der Waals surface area contributed by atoms with Crippen molar-refractivity contribution < 1.29 is 23.9 Å². The molecule has 2 bridgehead atoms. The van der Waals surface area contributed by atoms with Crippen molar-refractivity contribution in [2.24, 2.45) is 23.7 Å². The third-order valence-corrected chi connectivity index (χ3v) is 9.84. The minimum Gasteiger partial charge on any atom is -0.497 e. The monoisotopic (exact) mass is 577 g/mol. The molecule has 5 unspecified atom stereocenters. The number of nitrogens with zero attached hydrogens (tertiary/aromatic N) is 1. The summed E-state index contributed by atoms with van der Waals surface area (Å²) in [4.78, 5) is 43.7. The standard InChI is InChI=1S/C32H36ClN3O5/c1-18-5-4-6-24(19(18)2)35-30(38)28-32-16-15-25(41-32)26(29(37)34-22-11-13-23(40-3)14-12-22)27(32)31(39)36(28)17-20-7-9-21(33)10-8-20/h7-16,18-19,24-28H,4-6,17H2,1-3H3,(H,34,37)(H,35,38)/t18?,19?,24?,25-,26?,27-,28?,32+/m0/s1. The maximum Gasteiger partial charge on any atom is 0.246 e. The largest absolute Gasteiger partial charge is 0.497 e. The molecule has 0 radical (unpaired) electrons. The summed E-state index contributed by atoms with van der Waals surface area (Å²) >= 11 is 6.11. The molecular formula is C32H36ClN3O5. The molecule has 1 saturated carbocycles. The predicted octanol–water partition coefficient (Wildman–Crippen LogP) is 4.58. The van der Waals surface area contributed by atoms with Crippen LogP contribution in [0.1, 0.15) is 38.7 Å². The Morgan fingerprint density at radius 2 is 1.80 bits per heavy atom. The molecule has 3 aliphatic heterocycles. The molecule has 0 aromatic heterocycles. The summed E-state index contributed by atoms with van der Waals surface area (Å²) in [7, 11) is 1.58. The normalized spacial score (nSPS) is 33.5. The lowest BCUT2D eigenvalue weighted by molar-refractivity contribution is -0.142. The molecule has 2 aromatic carbocycles. The van der Waals surface area contributed by atoms with Gasteiger partial charge in [0.1, 0.15) is 17.4 Å². The number of hydrogen-bond donors (Lipinski definition) is 2. The number of nitrogens with one attached hydrogen (secondary N) is 2. The first-order chi connectivity index (χ1) is 19.7. The SMILES string of the molecule is COc1ccc(NC(=O)C2[C@@H]3C=C[C@]4(O3)C(C(=O)NC3CCCC(C)C3C)N(Cc3ccc(Cl)cc3)C(=O)[C@H]24)cc1. The van der Waals surface area contributed by atoms with E-state index >= 15 is 0 Å². The zero-order valence-corrected chi connectivity index (χ0v) is 24.3. The fraction of sp³-hybridized carbons (Fsp3) is 0.469. The van der Waals surface area contributed by atoms with Crippen LogP contribution in [0, 0.1) is 23.7 Å². The number of ether oxygens (including phenoxy) is 2. The highest BCUT2D eigenvalue weighted by Crippen LogP contribution is 2.55. The number of carbonyl (C=O) groups is 3. The lowest BCUT2D eigenvalue weighted by atomic mass is 9.73. The summed E-state index contributed by atoms with van der Waals surface area (Å²) in [5, 5.41) is 6.83. The Morgan fingerprint density at radius 1 is 1.07 bits per heavy atom. The molecule has 2 saturated heterocycles. The molecule has 1 spiro atoms. The lowest BCUT2D eigenvalue weighted by Gasteiger charge is -2.38. The fourth-order valence-corrected chi connectivity index (χ4v) is 7.30. The Morgan fingerprint density at radius 3 is 2.51 bits per heavy atom. The van der Waals surface area contributed by atoms with Crippen LogP contribution in [-0.2, 0) is 25.7 Å². The highest BCUT2D eigenvalue weighted by Gasteiger charge is 2.72. The van der Waals surface area contributed by atoms with Crippen molar-refractivity contribution in [3.8, 4) is 5.75 Å². The summed E-state index contributed by atoms with van der Waals surface area (Å²) in [6, 6.07) is 13.4. The van der Waals surface area contributed by atoms with Crippen LogP contribution < -0.4 is 15.4 Å². The van der Waals surface area contributed by atoms with E-state index in [0.29, 0.717) is 28.3 Å². The van der Waals surface area contributed by atoms with Crippen LogP contribution in [0.3, 0.4) is 0 Å². The van der Waals surface area contributed by atoms with Gasteiger partial charge in [0.2, 0.25) is 17.7 Å². The summed E-state index contributed by atoms with van der Waals surface area (Å²) in [6.45, 7) is 4.61. The number of carbonyl (C=O) groups excluding carboxylic acids is 3. The first kappa shape index (κ1) is 27.8. The summed E-state index contributed by atoms with van der Waals surface area (Å²) in [6.07, 6.45) is 6.17. The average molecular weight is 578 g/mol. The van der Waals surface area contributed by atoms with Gasteiger partial charge in [0.25, 0.3) is 0 Å². The molecule has 1 aliphatic carbocycles. The molecule has 8 atom stereocenters. The molecule has 6 rings (SSSR count). The van der Waals surface area contributed by atoms with E-state index in [-0.39, 0.29) is 30.3 Å². The van der Waals surface area contributed by atoms with Crippen LogP contribution in [0.25, 0.3) is 0 Å². The molecule has 216 valence electrons. The van der Waals surface area contributed by atoms with Gasteiger partial charge in [-0.25, -0.2) is 0 Å². The lowest BCUT2D eigenvalue weighted by Crippen LogP contribution is -2.57. The van der Waals surface area contributed by atoms with Gasteiger partial charge in [0.15, 0.2) is 0 Å². The van der Waals surface area contributed by atoms with Gasteiger partial charge in [-0.2, -0.15) is 0 Å². The van der Waals surface area contributed by atoms with E-state index in [0.717, 1.165) is 24.8 Å². The molecule has 41 heavy (non-hydrogen) atoms. The highest BCUT2D eigenvalue weighted by atomic mass is 35.5.